The molecule has 0 aliphatic heterocycles. The second-order valence-electron chi connectivity index (χ2n) is 6.44. The van der Waals surface area contributed by atoms with Crippen LogP contribution in [0.2, 0.25) is 0 Å². The predicted molar refractivity (Wildman–Crippen MR) is 110 cm³/mol. The molecule has 0 radical (unpaired) electrons. The summed E-state index contributed by atoms with van der Waals surface area (Å²) in [6.07, 6.45) is -0.479. The first kappa shape index (κ1) is 20.3. The van der Waals surface area contributed by atoms with Crippen LogP contribution in [0.3, 0.4) is 0 Å². The van der Waals surface area contributed by atoms with Gasteiger partial charge in [0, 0.05) is 25.8 Å². The van der Waals surface area contributed by atoms with Crippen molar-refractivity contribution in [2.75, 3.05) is 26.0 Å². The average Bonchev–Trinajstić information content (AvgIpc) is 2.69. The van der Waals surface area contributed by atoms with Gasteiger partial charge in [0.05, 0.1) is 7.11 Å². The Bertz CT molecular complexity index is 772. The Hall–Kier alpha value is -3.02. The summed E-state index contributed by atoms with van der Waals surface area (Å²) >= 11 is 0. The molecule has 6 heteroatoms. The van der Waals surface area contributed by atoms with Crippen LogP contribution < -0.4 is 16.0 Å². The zero-order valence-electron chi connectivity index (χ0n) is 16.4. The number of aryl methyl sites for hydroxylation is 1. The molecule has 6 nitrogen and oxygen atoms in total. The lowest BCUT2D eigenvalue weighted by Gasteiger charge is -2.17. The van der Waals surface area contributed by atoms with E-state index in [9.17, 15) is 4.79 Å². The summed E-state index contributed by atoms with van der Waals surface area (Å²) in [6.45, 7) is 5.74. The molecule has 2 rings (SSSR count). The van der Waals surface area contributed by atoms with Crippen molar-refractivity contribution >= 4 is 17.7 Å². The van der Waals surface area contributed by atoms with Crippen molar-refractivity contribution in [2.45, 2.75) is 26.3 Å². The maximum absolute atomic E-state index is 11.2. The molecule has 3 N–H and O–H groups in total. The quantitative estimate of drug-likeness (QED) is 0.537. The molecule has 1 amide bonds. The van der Waals surface area contributed by atoms with Gasteiger partial charge in [0.2, 0.25) is 0 Å². The first-order valence-corrected chi connectivity index (χ1v) is 8.96. The molecule has 27 heavy (non-hydrogen) atoms. The Balaban J connectivity index is 1.82. The molecule has 144 valence electrons. The predicted octanol–water partition coefficient (Wildman–Crippen LogP) is 3.64. The third-order valence-corrected chi connectivity index (χ3v) is 4.26. The van der Waals surface area contributed by atoms with Crippen LogP contribution in [0.1, 0.15) is 29.5 Å². The van der Waals surface area contributed by atoms with Gasteiger partial charge in [-0.15, -0.1) is 0 Å². The number of benzene rings is 2. The number of rotatable bonds is 6. The number of anilines is 1. The zero-order valence-corrected chi connectivity index (χ0v) is 16.4. The van der Waals surface area contributed by atoms with Gasteiger partial charge in [-0.25, -0.2) is 4.79 Å². The third-order valence-electron chi connectivity index (χ3n) is 4.26. The second-order valence-corrected chi connectivity index (χ2v) is 6.44. The maximum Gasteiger partial charge on any atom is 0.411 e. The molecule has 0 spiro atoms. The van der Waals surface area contributed by atoms with Crippen molar-refractivity contribution in [3.63, 3.8) is 0 Å². The van der Waals surface area contributed by atoms with Crippen LogP contribution in [-0.2, 0) is 11.3 Å². The Labute approximate surface area is 161 Å². The lowest BCUT2D eigenvalue weighted by atomic mass is 9.99. The standard InChI is InChI=1S/C21H28N4O2/c1-15-6-5-7-18(12-15)16(2)13-23-20(22-3)24-14-17-8-10-19(11-9-17)25-21(26)27-4/h5-12,16H,13-14H2,1-4H3,(H,25,26)(H2,22,23,24). The van der Waals surface area contributed by atoms with Crippen LogP contribution >= 0.6 is 0 Å². The molecule has 0 saturated carbocycles. The van der Waals surface area contributed by atoms with E-state index in [1.807, 2.05) is 24.3 Å². The zero-order chi connectivity index (χ0) is 19.6. The molecule has 0 bridgehead atoms. The number of aliphatic imine (C=N–C) groups is 1. The average molecular weight is 368 g/mol. The van der Waals surface area contributed by atoms with Crippen LogP contribution in [0.4, 0.5) is 10.5 Å². The molecule has 0 aromatic heterocycles. The Kier molecular flexibility index (Phi) is 7.67. The summed E-state index contributed by atoms with van der Waals surface area (Å²) < 4.78 is 4.58. The van der Waals surface area contributed by atoms with Crippen molar-refractivity contribution in [3.05, 3.63) is 65.2 Å². The highest BCUT2D eigenvalue weighted by Crippen LogP contribution is 2.15. The molecule has 0 heterocycles. The fraction of sp³-hybridized carbons (Fsp3) is 0.333. The molecule has 2 aromatic carbocycles. The van der Waals surface area contributed by atoms with Crippen molar-refractivity contribution in [3.8, 4) is 0 Å². The number of ether oxygens (including phenoxy) is 1. The van der Waals surface area contributed by atoms with E-state index in [4.69, 9.17) is 0 Å². The largest absolute Gasteiger partial charge is 0.453 e. The van der Waals surface area contributed by atoms with E-state index in [1.54, 1.807) is 7.05 Å². The van der Waals surface area contributed by atoms with Gasteiger partial charge in [0.15, 0.2) is 5.96 Å². The monoisotopic (exact) mass is 368 g/mol. The van der Waals surface area contributed by atoms with Crippen molar-refractivity contribution in [1.29, 1.82) is 0 Å². The smallest absolute Gasteiger partial charge is 0.411 e. The Morgan fingerprint density at radius 2 is 1.89 bits per heavy atom. The molecule has 0 aliphatic carbocycles. The number of nitrogens with zero attached hydrogens (tertiary/aromatic N) is 1. The number of hydrogen-bond acceptors (Lipinski definition) is 3. The highest BCUT2D eigenvalue weighted by Gasteiger charge is 2.07. The van der Waals surface area contributed by atoms with Crippen LogP contribution in [0, 0.1) is 6.92 Å². The van der Waals surface area contributed by atoms with E-state index in [2.05, 4.69) is 63.8 Å². The lowest BCUT2D eigenvalue weighted by molar-refractivity contribution is 0.187. The highest BCUT2D eigenvalue weighted by atomic mass is 16.5. The molecule has 2 aromatic rings. The SMILES string of the molecule is CN=C(NCc1ccc(NC(=O)OC)cc1)NCC(C)c1cccc(C)c1. The van der Waals surface area contributed by atoms with Crippen LogP contribution in [0.25, 0.3) is 0 Å². The maximum atomic E-state index is 11.2. The van der Waals surface area contributed by atoms with Gasteiger partial charge in [-0.1, -0.05) is 48.9 Å². The fourth-order valence-electron chi connectivity index (χ4n) is 2.63. The molecule has 0 aliphatic rings. The summed E-state index contributed by atoms with van der Waals surface area (Å²) in [4.78, 5) is 15.5. The number of hydrogen-bond donors (Lipinski definition) is 3. The van der Waals surface area contributed by atoms with Crippen LogP contribution in [0.15, 0.2) is 53.5 Å². The van der Waals surface area contributed by atoms with Gasteiger partial charge >= 0.3 is 6.09 Å². The molecular formula is C21H28N4O2. The number of guanidine groups is 1. The number of amides is 1. The molecule has 1 atom stereocenters. The minimum atomic E-state index is -0.479. The fourth-order valence-corrected chi connectivity index (χ4v) is 2.63. The highest BCUT2D eigenvalue weighted by molar-refractivity contribution is 5.84. The van der Waals surface area contributed by atoms with E-state index in [1.165, 1.54) is 18.2 Å². The molecule has 0 fully saturated rings. The van der Waals surface area contributed by atoms with Gasteiger partial charge in [-0.2, -0.15) is 0 Å². The summed E-state index contributed by atoms with van der Waals surface area (Å²) in [7, 11) is 3.10. The molecule has 0 saturated heterocycles. The normalized spacial score (nSPS) is 12.2. The van der Waals surface area contributed by atoms with Gasteiger partial charge in [-0.3, -0.25) is 10.3 Å². The second kappa shape index (κ2) is 10.2. The van der Waals surface area contributed by atoms with Gasteiger partial charge < -0.3 is 15.4 Å². The first-order valence-electron chi connectivity index (χ1n) is 8.96. The summed E-state index contributed by atoms with van der Waals surface area (Å²) in [5.41, 5.74) is 4.36. The Morgan fingerprint density at radius 3 is 2.52 bits per heavy atom. The summed E-state index contributed by atoms with van der Waals surface area (Å²) in [5.74, 6) is 1.14. The minimum absolute atomic E-state index is 0.382. The van der Waals surface area contributed by atoms with Gasteiger partial charge in [0.1, 0.15) is 0 Å². The number of nitrogens with one attached hydrogen (secondary N) is 3. The topological polar surface area (TPSA) is 74.8 Å². The minimum Gasteiger partial charge on any atom is -0.453 e. The summed E-state index contributed by atoms with van der Waals surface area (Å²) in [5, 5.41) is 9.30. The van der Waals surface area contributed by atoms with Crippen molar-refractivity contribution in [1.82, 2.24) is 10.6 Å². The van der Waals surface area contributed by atoms with Crippen LogP contribution in [0.5, 0.6) is 0 Å². The number of methoxy groups -OCH3 is 1. The van der Waals surface area contributed by atoms with E-state index in [-0.39, 0.29) is 0 Å². The van der Waals surface area contributed by atoms with E-state index >= 15 is 0 Å². The first-order chi connectivity index (χ1) is 13.0. The van der Waals surface area contributed by atoms with E-state index < -0.39 is 6.09 Å². The van der Waals surface area contributed by atoms with Crippen molar-refractivity contribution in [2.24, 2.45) is 4.99 Å². The van der Waals surface area contributed by atoms with Gasteiger partial charge in [0.25, 0.3) is 0 Å². The lowest BCUT2D eigenvalue weighted by Crippen LogP contribution is -2.38. The molecular weight excluding hydrogens is 340 g/mol. The van der Waals surface area contributed by atoms with Crippen LogP contribution in [-0.4, -0.2) is 32.8 Å². The van der Waals surface area contributed by atoms with E-state index in [0.29, 0.717) is 18.2 Å². The van der Waals surface area contributed by atoms with Gasteiger partial charge in [-0.05, 0) is 36.1 Å². The van der Waals surface area contributed by atoms with E-state index in [0.717, 1.165) is 18.1 Å². The summed E-state index contributed by atoms with van der Waals surface area (Å²) in [6, 6.07) is 16.1. The Morgan fingerprint density at radius 1 is 1.15 bits per heavy atom. The molecule has 1 unspecified atom stereocenters. The number of carbonyl (C=O) groups excluding carboxylic acids is 1. The third kappa shape index (κ3) is 6.66. The van der Waals surface area contributed by atoms with Crippen molar-refractivity contribution < 1.29 is 9.53 Å². The number of carbonyl (C=O) groups is 1.